The lowest BCUT2D eigenvalue weighted by Crippen LogP contribution is -2.51. The Labute approximate surface area is 161 Å². The largest absolute Gasteiger partial charge is 0.391 e. The first kappa shape index (κ1) is 18.2. The molecular formula is C23H27N2O2. The highest BCUT2D eigenvalue weighted by molar-refractivity contribution is 5.86. The van der Waals surface area contributed by atoms with Crippen LogP contribution in [-0.4, -0.2) is 33.7 Å². The molecular weight excluding hydrogens is 336 g/mol. The molecule has 1 saturated carbocycles. The Bertz CT molecular complexity index is 756. The van der Waals surface area contributed by atoms with E-state index in [4.69, 9.17) is 0 Å². The van der Waals surface area contributed by atoms with Crippen LogP contribution in [0.4, 0.5) is 0 Å². The number of hydrogen-bond donors (Lipinski definition) is 2. The molecule has 1 heterocycles. The Morgan fingerprint density at radius 3 is 2.26 bits per heavy atom. The van der Waals surface area contributed by atoms with Crippen molar-refractivity contribution in [3.63, 3.8) is 0 Å². The van der Waals surface area contributed by atoms with Crippen molar-refractivity contribution in [3.8, 4) is 0 Å². The molecule has 2 aromatic carbocycles. The third kappa shape index (κ3) is 3.78. The second-order valence-electron chi connectivity index (χ2n) is 7.69. The minimum absolute atomic E-state index is 0.0116. The first-order valence-corrected chi connectivity index (χ1v) is 9.86. The van der Waals surface area contributed by atoms with Crippen molar-refractivity contribution >= 4 is 5.91 Å². The summed E-state index contributed by atoms with van der Waals surface area (Å²) in [6, 6.07) is 19.6. The quantitative estimate of drug-likeness (QED) is 0.829. The molecule has 4 rings (SSSR count). The fourth-order valence-corrected chi connectivity index (χ4v) is 4.42. The van der Waals surface area contributed by atoms with Crippen molar-refractivity contribution in [1.29, 1.82) is 0 Å². The summed E-state index contributed by atoms with van der Waals surface area (Å²) in [5.41, 5.74) is 1.96. The molecule has 1 aliphatic carbocycles. The van der Waals surface area contributed by atoms with Gasteiger partial charge in [0, 0.05) is 6.54 Å². The number of hydrogen-bond acceptors (Lipinski definition) is 3. The molecule has 1 aliphatic heterocycles. The van der Waals surface area contributed by atoms with Crippen molar-refractivity contribution in [1.82, 2.24) is 10.2 Å². The van der Waals surface area contributed by atoms with E-state index in [1.165, 1.54) is 0 Å². The number of amides is 1. The molecule has 1 spiro atoms. The van der Waals surface area contributed by atoms with Crippen LogP contribution in [0.15, 0.2) is 60.7 Å². The van der Waals surface area contributed by atoms with Crippen LogP contribution < -0.4 is 5.32 Å². The van der Waals surface area contributed by atoms with Crippen molar-refractivity contribution < 1.29 is 9.90 Å². The van der Waals surface area contributed by atoms with E-state index < -0.39 is 12.1 Å². The number of carbonyl (C=O) groups excluding carboxylic acids is 1. The van der Waals surface area contributed by atoms with Crippen LogP contribution in [0, 0.1) is 6.42 Å². The van der Waals surface area contributed by atoms with Gasteiger partial charge in [-0.25, -0.2) is 0 Å². The second-order valence-corrected chi connectivity index (χ2v) is 7.69. The molecule has 2 N–H and O–H groups in total. The maximum Gasteiger partial charge on any atom is 0.244 e. The number of aliphatic hydroxyl groups is 1. The van der Waals surface area contributed by atoms with Crippen molar-refractivity contribution in [2.24, 2.45) is 0 Å². The maximum absolute atomic E-state index is 13.2. The van der Waals surface area contributed by atoms with E-state index in [0.717, 1.165) is 36.8 Å². The number of rotatable bonds is 6. The highest BCUT2D eigenvalue weighted by atomic mass is 16.3. The van der Waals surface area contributed by atoms with E-state index in [-0.39, 0.29) is 11.6 Å². The van der Waals surface area contributed by atoms with Gasteiger partial charge in [0.05, 0.1) is 11.8 Å². The van der Waals surface area contributed by atoms with E-state index in [1.807, 2.05) is 59.9 Å². The summed E-state index contributed by atoms with van der Waals surface area (Å²) in [5, 5.41) is 14.3. The summed E-state index contributed by atoms with van der Waals surface area (Å²) >= 11 is 0. The lowest BCUT2D eigenvalue weighted by atomic mass is 10.0. The molecule has 2 aromatic rings. The Kier molecular flexibility index (Phi) is 5.28. The molecule has 2 fully saturated rings. The average Bonchev–Trinajstić information content (AvgIpc) is 3.28. The van der Waals surface area contributed by atoms with Crippen LogP contribution in [0.25, 0.3) is 0 Å². The van der Waals surface area contributed by atoms with Gasteiger partial charge in [0.25, 0.3) is 0 Å². The summed E-state index contributed by atoms with van der Waals surface area (Å²) in [4.78, 5) is 15.2. The topological polar surface area (TPSA) is 52.6 Å². The van der Waals surface area contributed by atoms with Gasteiger partial charge in [-0.2, -0.15) is 0 Å². The summed E-state index contributed by atoms with van der Waals surface area (Å²) in [7, 11) is 0. The van der Waals surface area contributed by atoms with Crippen LogP contribution in [0.1, 0.15) is 36.8 Å². The molecule has 1 amide bonds. The molecule has 1 saturated heterocycles. The predicted molar refractivity (Wildman–Crippen MR) is 106 cm³/mol. The summed E-state index contributed by atoms with van der Waals surface area (Å²) < 4.78 is 0. The molecule has 4 heteroatoms. The van der Waals surface area contributed by atoms with E-state index in [1.54, 1.807) is 0 Å². The minimum Gasteiger partial charge on any atom is -0.391 e. The van der Waals surface area contributed by atoms with Gasteiger partial charge in [-0.15, -0.1) is 0 Å². The van der Waals surface area contributed by atoms with Crippen LogP contribution in [0.2, 0.25) is 0 Å². The number of nitrogens with one attached hydrogen (secondary N) is 1. The molecule has 2 aliphatic rings. The average molecular weight is 363 g/mol. The second kappa shape index (κ2) is 7.83. The summed E-state index contributed by atoms with van der Waals surface area (Å²) in [6.45, 7) is 0.592. The zero-order valence-corrected chi connectivity index (χ0v) is 15.6. The molecule has 4 nitrogen and oxygen atoms in total. The van der Waals surface area contributed by atoms with Crippen molar-refractivity contribution in [3.05, 3.63) is 78.2 Å². The van der Waals surface area contributed by atoms with Crippen molar-refractivity contribution in [2.75, 3.05) is 0 Å². The van der Waals surface area contributed by atoms with Crippen molar-refractivity contribution in [2.45, 2.75) is 56.5 Å². The monoisotopic (exact) mass is 363 g/mol. The molecule has 2 atom stereocenters. The van der Waals surface area contributed by atoms with Crippen LogP contribution in [0.5, 0.6) is 0 Å². The fraction of sp³-hybridized carbons (Fsp3) is 0.391. The number of nitrogens with zero attached hydrogens (tertiary/aromatic N) is 1. The summed E-state index contributed by atoms with van der Waals surface area (Å²) in [6.07, 6.45) is 5.83. The standard InChI is InChI=1S/C23H27N2O2/c26-20(14-13-18-9-3-1-4-10-18)21-22(27)25(17-19-11-5-2-6-12-19)23(24-21)15-7-8-16-23/h1-6,9-12,14,20-21,24,26H,7-8,13,15-17H2/t20-,21+/m1/s1. The Balaban J connectivity index is 1.48. The maximum atomic E-state index is 13.2. The van der Waals surface area contributed by atoms with Crippen LogP contribution in [0.3, 0.4) is 0 Å². The zero-order valence-electron chi connectivity index (χ0n) is 15.6. The lowest BCUT2D eigenvalue weighted by molar-refractivity contribution is -0.134. The molecule has 0 aromatic heterocycles. The van der Waals surface area contributed by atoms with E-state index >= 15 is 0 Å². The Morgan fingerprint density at radius 1 is 1.04 bits per heavy atom. The normalized spacial score (nSPS) is 22.5. The van der Waals surface area contributed by atoms with Gasteiger partial charge in [-0.1, -0.05) is 60.7 Å². The third-order valence-electron chi connectivity index (χ3n) is 5.87. The highest BCUT2D eigenvalue weighted by Crippen LogP contribution is 2.39. The first-order chi connectivity index (χ1) is 13.2. The smallest absolute Gasteiger partial charge is 0.244 e. The highest BCUT2D eigenvalue weighted by Gasteiger charge is 2.53. The molecule has 0 bridgehead atoms. The fourth-order valence-electron chi connectivity index (χ4n) is 4.42. The Hall–Kier alpha value is -2.17. The number of carbonyl (C=O) groups is 1. The predicted octanol–water partition coefficient (Wildman–Crippen LogP) is 3.07. The van der Waals surface area contributed by atoms with Crippen LogP contribution >= 0.6 is 0 Å². The van der Waals surface area contributed by atoms with Gasteiger partial charge < -0.3 is 10.0 Å². The van der Waals surface area contributed by atoms with Gasteiger partial charge >= 0.3 is 0 Å². The number of aliphatic hydroxyl groups excluding tert-OH is 1. The number of benzene rings is 2. The van der Waals surface area contributed by atoms with E-state index in [9.17, 15) is 9.90 Å². The van der Waals surface area contributed by atoms with Gasteiger partial charge in [0.2, 0.25) is 5.91 Å². The SMILES string of the molecule is O=C1[C@H]([C@H](O)[CH]Cc2ccccc2)NC2(CCCC2)N1Cc1ccccc1. The first-order valence-electron chi connectivity index (χ1n) is 9.86. The minimum atomic E-state index is -0.795. The molecule has 27 heavy (non-hydrogen) atoms. The van der Waals surface area contributed by atoms with E-state index in [2.05, 4.69) is 17.4 Å². The zero-order chi connectivity index (χ0) is 18.7. The Morgan fingerprint density at radius 2 is 1.63 bits per heavy atom. The molecule has 141 valence electrons. The lowest BCUT2D eigenvalue weighted by Gasteiger charge is -2.35. The van der Waals surface area contributed by atoms with Gasteiger partial charge in [0.15, 0.2) is 0 Å². The third-order valence-corrected chi connectivity index (χ3v) is 5.87. The van der Waals surface area contributed by atoms with E-state index in [0.29, 0.717) is 13.0 Å². The van der Waals surface area contributed by atoms with Gasteiger partial charge in [-0.05, 0) is 49.7 Å². The molecule has 1 radical (unpaired) electrons. The summed E-state index contributed by atoms with van der Waals surface area (Å²) in [5.74, 6) is 0.0116. The van der Waals surface area contributed by atoms with Gasteiger partial charge in [-0.3, -0.25) is 10.1 Å². The molecule has 0 unspecified atom stereocenters. The van der Waals surface area contributed by atoms with Gasteiger partial charge in [0.1, 0.15) is 6.04 Å². The van der Waals surface area contributed by atoms with Crippen LogP contribution in [-0.2, 0) is 17.8 Å².